The highest BCUT2D eigenvalue weighted by atomic mass is 16.6. The molecule has 0 aliphatic carbocycles. The van der Waals surface area contributed by atoms with Gasteiger partial charge in [-0.2, -0.15) is 5.26 Å². The van der Waals surface area contributed by atoms with Crippen LogP contribution in [-0.4, -0.2) is 23.2 Å². The van der Waals surface area contributed by atoms with E-state index in [2.05, 4.69) is 0 Å². The summed E-state index contributed by atoms with van der Waals surface area (Å²) in [4.78, 5) is 10.2. The van der Waals surface area contributed by atoms with Gasteiger partial charge in [0.05, 0.1) is 17.1 Å². The third kappa shape index (κ3) is 3.25. The highest BCUT2D eigenvalue weighted by Crippen LogP contribution is 2.27. The molecular weight excluding hydrogens is 260 g/mol. The summed E-state index contributed by atoms with van der Waals surface area (Å²) in [5.74, 6) is 0.485. The van der Waals surface area contributed by atoms with Crippen molar-refractivity contribution in [1.82, 2.24) is 0 Å². The number of nitrogens with zero attached hydrogens (tertiary/aromatic N) is 2. The molecule has 6 heteroatoms. The van der Waals surface area contributed by atoms with Crippen LogP contribution in [0.5, 0.6) is 5.75 Å². The van der Waals surface area contributed by atoms with Crippen molar-refractivity contribution in [2.75, 3.05) is 0 Å². The van der Waals surface area contributed by atoms with Gasteiger partial charge in [-0.1, -0.05) is 0 Å². The van der Waals surface area contributed by atoms with Crippen LogP contribution in [0.15, 0.2) is 18.2 Å². The van der Waals surface area contributed by atoms with E-state index in [-0.39, 0.29) is 29.6 Å². The third-order valence-electron chi connectivity index (χ3n) is 3.24. The fourth-order valence-corrected chi connectivity index (χ4v) is 2.47. The van der Waals surface area contributed by atoms with E-state index in [1.165, 1.54) is 18.2 Å². The zero-order valence-corrected chi connectivity index (χ0v) is 11.4. The van der Waals surface area contributed by atoms with Gasteiger partial charge >= 0.3 is 0 Å². The van der Waals surface area contributed by atoms with Gasteiger partial charge in [-0.05, 0) is 19.9 Å². The Kier molecular flexibility index (Phi) is 4.20. The third-order valence-corrected chi connectivity index (χ3v) is 3.24. The van der Waals surface area contributed by atoms with E-state index >= 15 is 0 Å². The maximum absolute atomic E-state index is 10.8. The van der Waals surface area contributed by atoms with Gasteiger partial charge in [0.2, 0.25) is 0 Å². The molecule has 106 valence electrons. The molecule has 2 atom stereocenters. The summed E-state index contributed by atoms with van der Waals surface area (Å²) < 4.78 is 11.4. The molecule has 0 N–H and O–H groups in total. The van der Waals surface area contributed by atoms with Gasteiger partial charge in [0.15, 0.2) is 0 Å². The Hall–Kier alpha value is -2.13. The fourth-order valence-electron chi connectivity index (χ4n) is 2.47. The van der Waals surface area contributed by atoms with Gasteiger partial charge in [-0.15, -0.1) is 0 Å². The fraction of sp³-hybridized carbons (Fsp3) is 0.500. The van der Waals surface area contributed by atoms with Crippen LogP contribution >= 0.6 is 0 Å². The van der Waals surface area contributed by atoms with Crippen LogP contribution in [0.2, 0.25) is 0 Å². The van der Waals surface area contributed by atoms with Crippen LogP contribution in [0.25, 0.3) is 0 Å². The van der Waals surface area contributed by atoms with Gasteiger partial charge in [0.25, 0.3) is 5.69 Å². The Morgan fingerprint density at radius 3 is 2.60 bits per heavy atom. The normalized spacial score (nSPS) is 25.8. The topological polar surface area (TPSA) is 85.4 Å². The Morgan fingerprint density at radius 2 is 2.05 bits per heavy atom. The first-order valence-corrected chi connectivity index (χ1v) is 6.50. The van der Waals surface area contributed by atoms with Gasteiger partial charge in [0, 0.05) is 25.0 Å². The number of ether oxygens (including phenoxy) is 2. The number of nitro groups is 1. The Bertz CT molecular complexity index is 543. The lowest BCUT2D eigenvalue weighted by molar-refractivity contribution is -0.385. The first kappa shape index (κ1) is 14.3. The van der Waals surface area contributed by atoms with Gasteiger partial charge in [0.1, 0.15) is 23.5 Å². The molecule has 0 amide bonds. The number of nitriles is 1. The molecule has 1 saturated heterocycles. The molecule has 1 aliphatic rings. The zero-order chi connectivity index (χ0) is 14.7. The standard InChI is InChI=1S/C14H16N2O4/c1-9-5-13(6-10(2)19-9)20-12-3-4-14(16(17)18)11(7-12)8-15/h3-4,7,9-10,13H,5-6H2,1-2H3. The van der Waals surface area contributed by atoms with E-state index in [1.54, 1.807) is 0 Å². The quantitative estimate of drug-likeness (QED) is 0.626. The lowest BCUT2D eigenvalue weighted by atomic mass is 10.0. The molecule has 0 bridgehead atoms. The summed E-state index contributed by atoms with van der Waals surface area (Å²) in [5, 5.41) is 19.7. The molecule has 0 saturated carbocycles. The predicted octanol–water partition coefficient (Wildman–Crippen LogP) is 2.80. The summed E-state index contributed by atoms with van der Waals surface area (Å²) in [5.41, 5.74) is -0.186. The molecule has 1 aromatic rings. The Balaban J connectivity index is 2.14. The van der Waals surface area contributed by atoms with Gasteiger partial charge in [-0.25, -0.2) is 0 Å². The summed E-state index contributed by atoms with van der Waals surface area (Å²) in [6.45, 7) is 3.98. The molecule has 6 nitrogen and oxygen atoms in total. The monoisotopic (exact) mass is 276 g/mol. The highest BCUT2D eigenvalue weighted by Gasteiger charge is 2.26. The lowest BCUT2D eigenvalue weighted by Gasteiger charge is -2.32. The highest BCUT2D eigenvalue weighted by molar-refractivity contribution is 5.52. The van der Waals surface area contributed by atoms with Crippen LogP contribution < -0.4 is 4.74 Å². The van der Waals surface area contributed by atoms with Gasteiger partial charge in [-0.3, -0.25) is 10.1 Å². The predicted molar refractivity (Wildman–Crippen MR) is 71.5 cm³/mol. The van der Waals surface area contributed by atoms with Crippen molar-refractivity contribution in [2.24, 2.45) is 0 Å². The summed E-state index contributed by atoms with van der Waals surface area (Å²) >= 11 is 0. The van der Waals surface area contributed by atoms with E-state index in [4.69, 9.17) is 14.7 Å². The minimum Gasteiger partial charge on any atom is -0.490 e. The molecule has 1 aliphatic heterocycles. The number of benzene rings is 1. The van der Waals surface area contributed by atoms with Crippen LogP contribution in [-0.2, 0) is 4.74 Å². The van der Waals surface area contributed by atoms with Crippen molar-refractivity contribution in [3.05, 3.63) is 33.9 Å². The molecule has 2 unspecified atom stereocenters. The van der Waals surface area contributed by atoms with Crippen molar-refractivity contribution in [2.45, 2.75) is 45.0 Å². The van der Waals surface area contributed by atoms with Crippen molar-refractivity contribution in [3.8, 4) is 11.8 Å². The first-order chi connectivity index (χ1) is 9.49. The Morgan fingerprint density at radius 1 is 1.40 bits per heavy atom. The van der Waals surface area contributed by atoms with Crippen molar-refractivity contribution >= 4 is 5.69 Å². The molecule has 2 rings (SSSR count). The second-order valence-corrected chi connectivity index (χ2v) is 5.02. The molecule has 0 radical (unpaired) electrons. The molecular formula is C14H16N2O4. The Labute approximate surface area is 117 Å². The number of nitro benzene ring substituents is 1. The van der Waals surface area contributed by atoms with Crippen molar-refractivity contribution in [3.63, 3.8) is 0 Å². The summed E-state index contributed by atoms with van der Waals surface area (Å²) in [6, 6.07) is 6.08. The van der Waals surface area contributed by atoms with Crippen LogP contribution in [0.4, 0.5) is 5.69 Å². The second kappa shape index (κ2) is 5.88. The SMILES string of the molecule is CC1CC(Oc2ccc([N+](=O)[O-])c(C#N)c2)CC(C)O1. The first-order valence-electron chi connectivity index (χ1n) is 6.50. The minimum absolute atomic E-state index is 0.00162. The minimum atomic E-state index is -0.569. The number of hydrogen-bond donors (Lipinski definition) is 0. The van der Waals surface area contributed by atoms with Gasteiger partial charge < -0.3 is 9.47 Å². The maximum atomic E-state index is 10.8. The molecule has 1 aromatic carbocycles. The average Bonchev–Trinajstić information content (AvgIpc) is 2.37. The smallest absolute Gasteiger partial charge is 0.287 e. The maximum Gasteiger partial charge on any atom is 0.287 e. The number of rotatable bonds is 3. The molecule has 20 heavy (non-hydrogen) atoms. The molecule has 0 aromatic heterocycles. The zero-order valence-electron chi connectivity index (χ0n) is 11.4. The van der Waals surface area contributed by atoms with E-state index < -0.39 is 4.92 Å². The van der Waals surface area contributed by atoms with Crippen molar-refractivity contribution in [1.29, 1.82) is 5.26 Å². The molecule has 1 heterocycles. The van der Waals surface area contributed by atoms with E-state index in [0.717, 1.165) is 12.8 Å². The number of hydrogen-bond acceptors (Lipinski definition) is 5. The van der Waals surface area contributed by atoms with Crippen LogP contribution in [0.1, 0.15) is 32.3 Å². The molecule has 0 spiro atoms. The largest absolute Gasteiger partial charge is 0.490 e. The van der Waals surface area contributed by atoms with Crippen LogP contribution in [0.3, 0.4) is 0 Å². The lowest BCUT2D eigenvalue weighted by Crippen LogP contribution is -2.35. The molecule has 1 fully saturated rings. The van der Waals surface area contributed by atoms with Crippen molar-refractivity contribution < 1.29 is 14.4 Å². The van der Waals surface area contributed by atoms with E-state index in [1.807, 2.05) is 19.9 Å². The van der Waals surface area contributed by atoms with E-state index in [0.29, 0.717) is 5.75 Å². The van der Waals surface area contributed by atoms with Crippen LogP contribution in [0, 0.1) is 21.4 Å². The average molecular weight is 276 g/mol. The summed E-state index contributed by atoms with van der Waals surface area (Å²) in [6.07, 6.45) is 1.78. The summed E-state index contributed by atoms with van der Waals surface area (Å²) in [7, 11) is 0. The second-order valence-electron chi connectivity index (χ2n) is 5.02. The van der Waals surface area contributed by atoms with E-state index in [9.17, 15) is 10.1 Å².